The molecule has 7 nitrogen and oxygen atoms in total. The van der Waals surface area contributed by atoms with Crippen LogP contribution in [0.2, 0.25) is 0 Å². The fourth-order valence-electron chi connectivity index (χ4n) is 2.43. The molecule has 7 heteroatoms. The third-order valence-electron chi connectivity index (χ3n) is 3.58. The molecule has 0 aliphatic heterocycles. The van der Waals surface area contributed by atoms with Gasteiger partial charge in [0.05, 0.1) is 6.61 Å². The smallest absolute Gasteiger partial charge is 0.323 e. The van der Waals surface area contributed by atoms with Crippen LogP contribution in [-0.2, 0) is 0 Å². The lowest BCUT2D eigenvalue weighted by Gasteiger charge is -2.27. The number of nitrogens with two attached hydrogens (primary N) is 1. The van der Waals surface area contributed by atoms with Gasteiger partial charge in [-0.25, -0.2) is 5.84 Å². The highest BCUT2D eigenvalue weighted by atomic mass is 16.5. The summed E-state index contributed by atoms with van der Waals surface area (Å²) in [6, 6.07) is 0.638. The van der Waals surface area contributed by atoms with E-state index in [0.29, 0.717) is 24.5 Å². The molecule has 1 atom stereocenters. The molecule has 1 heterocycles. The summed E-state index contributed by atoms with van der Waals surface area (Å²) in [6.07, 6.45) is 3.54. The van der Waals surface area contributed by atoms with Gasteiger partial charge in [0.1, 0.15) is 0 Å². The fraction of sp³-hybridized carbons (Fsp3) is 0.750. The third-order valence-corrected chi connectivity index (χ3v) is 3.58. The normalized spacial score (nSPS) is 21.2. The highest BCUT2D eigenvalue weighted by molar-refractivity contribution is 5.36. The monoisotopic (exact) mass is 266 g/mol. The molecule has 1 aliphatic carbocycles. The minimum atomic E-state index is 0.245. The van der Waals surface area contributed by atoms with Crippen molar-refractivity contribution >= 4 is 11.9 Å². The molecule has 1 saturated carbocycles. The Hall–Kier alpha value is -1.63. The zero-order valence-electron chi connectivity index (χ0n) is 11.7. The summed E-state index contributed by atoms with van der Waals surface area (Å²) in [5.74, 6) is 6.17. The zero-order chi connectivity index (χ0) is 13.9. The SMILES string of the molecule is CCOc1nc(NN)nc(NC2CCCC2(C)C)n1. The largest absolute Gasteiger partial charge is 0.464 e. The zero-order valence-corrected chi connectivity index (χ0v) is 11.7. The van der Waals surface area contributed by atoms with Crippen molar-refractivity contribution in [2.45, 2.75) is 46.1 Å². The van der Waals surface area contributed by atoms with Crippen molar-refractivity contribution in [3.05, 3.63) is 0 Å². The lowest BCUT2D eigenvalue weighted by molar-refractivity contribution is 0.311. The van der Waals surface area contributed by atoms with Gasteiger partial charge in [-0.2, -0.15) is 15.0 Å². The Morgan fingerprint density at radius 2 is 2.05 bits per heavy atom. The number of hydrazine groups is 1. The molecule has 106 valence electrons. The van der Waals surface area contributed by atoms with Crippen molar-refractivity contribution in [2.24, 2.45) is 11.3 Å². The van der Waals surface area contributed by atoms with E-state index >= 15 is 0 Å². The molecule has 2 rings (SSSR count). The average Bonchev–Trinajstić information content (AvgIpc) is 2.69. The van der Waals surface area contributed by atoms with E-state index in [1.807, 2.05) is 6.92 Å². The summed E-state index contributed by atoms with van der Waals surface area (Å²) in [7, 11) is 0. The highest BCUT2D eigenvalue weighted by Gasteiger charge is 2.34. The molecule has 1 aromatic heterocycles. The molecule has 0 bridgehead atoms. The first-order valence-corrected chi connectivity index (χ1v) is 6.67. The number of hydrogen-bond acceptors (Lipinski definition) is 7. The van der Waals surface area contributed by atoms with Gasteiger partial charge in [0.15, 0.2) is 0 Å². The average molecular weight is 266 g/mol. The second-order valence-corrected chi connectivity index (χ2v) is 5.42. The van der Waals surface area contributed by atoms with Crippen LogP contribution < -0.4 is 21.3 Å². The molecule has 1 fully saturated rings. The Bertz CT molecular complexity index is 436. The maximum absolute atomic E-state index is 5.36. The van der Waals surface area contributed by atoms with Gasteiger partial charge in [-0.1, -0.05) is 20.3 Å². The van der Waals surface area contributed by atoms with E-state index < -0.39 is 0 Å². The van der Waals surface area contributed by atoms with Gasteiger partial charge >= 0.3 is 6.01 Å². The molecule has 1 aliphatic rings. The molecule has 19 heavy (non-hydrogen) atoms. The van der Waals surface area contributed by atoms with Gasteiger partial charge in [-0.15, -0.1) is 0 Å². The number of anilines is 2. The van der Waals surface area contributed by atoms with Gasteiger partial charge in [-0.3, -0.25) is 5.43 Å². The van der Waals surface area contributed by atoms with Gasteiger partial charge < -0.3 is 10.1 Å². The first kappa shape index (κ1) is 13.8. The summed E-state index contributed by atoms with van der Waals surface area (Å²) >= 11 is 0. The molecule has 0 amide bonds. The Morgan fingerprint density at radius 3 is 2.63 bits per heavy atom. The van der Waals surface area contributed by atoms with E-state index in [-0.39, 0.29) is 11.4 Å². The minimum absolute atomic E-state index is 0.245. The number of hydrogen-bond donors (Lipinski definition) is 3. The highest BCUT2D eigenvalue weighted by Crippen LogP contribution is 2.38. The minimum Gasteiger partial charge on any atom is -0.464 e. The van der Waals surface area contributed by atoms with Crippen molar-refractivity contribution in [2.75, 3.05) is 17.3 Å². The Labute approximate surface area is 113 Å². The van der Waals surface area contributed by atoms with E-state index in [0.717, 1.165) is 6.42 Å². The Kier molecular flexibility index (Phi) is 4.04. The number of rotatable bonds is 5. The lowest BCUT2D eigenvalue weighted by Crippen LogP contribution is -2.32. The topological polar surface area (TPSA) is 98.0 Å². The summed E-state index contributed by atoms with van der Waals surface area (Å²) < 4.78 is 5.31. The molecule has 1 aromatic rings. The number of nitrogen functional groups attached to an aromatic ring is 1. The van der Waals surface area contributed by atoms with Gasteiger partial charge in [0.25, 0.3) is 0 Å². The van der Waals surface area contributed by atoms with Crippen molar-refractivity contribution in [1.29, 1.82) is 0 Å². The quantitative estimate of drug-likeness (QED) is 0.549. The van der Waals surface area contributed by atoms with Gasteiger partial charge in [0, 0.05) is 6.04 Å². The van der Waals surface area contributed by atoms with Crippen molar-refractivity contribution < 1.29 is 4.74 Å². The predicted octanol–water partition coefficient (Wildman–Crippen LogP) is 1.55. The van der Waals surface area contributed by atoms with Crippen LogP contribution in [0.5, 0.6) is 6.01 Å². The van der Waals surface area contributed by atoms with Crippen molar-refractivity contribution in [3.63, 3.8) is 0 Å². The van der Waals surface area contributed by atoms with Crippen LogP contribution in [-0.4, -0.2) is 27.6 Å². The first-order valence-electron chi connectivity index (χ1n) is 6.67. The van der Waals surface area contributed by atoms with Crippen LogP contribution in [0.1, 0.15) is 40.0 Å². The molecule has 1 unspecified atom stereocenters. The van der Waals surface area contributed by atoms with Crippen LogP contribution in [0.3, 0.4) is 0 Å². The van der Waals surface area contributed by atoms with Gasteiger partial charge in [-0.05, 0) is 25.2 Å². The van der Waals surface area contributed by atoms with E-state index in [4.69, 9.17) is 10.6 Å². The summed E-state index contributed by atoms with van der Waals surface area (Å²) in [4.78, 5) is 12.5. The second kappa shape index (κ2) is 5.56. The number of nitrogens with zero attached hydrogens (tertiary/aromatic N) is 3. The van der Waals surface area contributed by atoms with Crippen molar-refractivity contribution in [1.82, 2.24) is 15.0 Å². The number of aromatic nitrogens is 3. The van der Waals surface area contributed by atoms with E-state index in [9.17, 15) is 0 Å². The maximum Gasteiger partial charge on any atom is 0.323 e. The van der Waals surface area contributed by atoms with Crippen LogP contribution >= 0.6 is 0 Å². The maximum atomic E-state index is 5.36. The number of ether oxygens (including phenoxy) is 1. The third kappa shape index (κ3) is 3.23. The van der Waals surface area contributed by atoms with E-state index in [1.165, 1.54) is 12.8 Å². The molecular formula is C12H22N6O. The van der Waals surface area contributed by atoms with Crippen molar-refractivity contribution in [3.8, 4) is 6.01 Å². The molecule has 0 aromatic carbocycles. The second-order valence-electron chi connectivity index (χ2n) is 5.42. The standard InChI is InChI=1S/C12H22N6O/c1-4-19-11-16-9(15-10(17-11)18-13)14-8-6-5-7-12(8,2)3/h8H,4-7,13H2,1-3H3,(H2,14,15,16,17,18). The van der Waals surface area contributed by atoms with Crippen LogP contribution in [0.25, 0.3) is 0 Å². The number of nitrogens with one attached hydrogen (secondary N) is 2. The molecule has 0 radical (unpaired) electrons. The van der Waals surface area contributed by atoms with E-state index in [2.05, 4.69) is 39.5 Å². The molecule has 4 N–H and O–H groups in total. The molecular weight excluding hydrogens is 244 g/mol. The summed E-state index contributed by atoms with van der Waals surface area (Å²) in [5, 5.41) is 3.37. The van der Waals surface area contributed by atoms with Crippen LogP contribution in [0, 0.1) is 5.41 Å². The van der Waals surface area contributed by atoms with Crippen LogP contribution in [0.15, 0.2) is 0 Å². The summed E-state index contributed by atoms with van der Waals surface area (Å²) in [6.45, 7) is 6.89. The molecule has 0 spiro atoms. The molecule has 0 saturated heterocycles. The Morgan fingerprint density at radius 1 is 1.32 bits per heavy atom. The Balaban J connectivity index is 2.17. The fourth-order valence-corrected chi connectivity index (χ4v) is 2.43. The first-order chi connectivity index (χ1) is 9.05. The van der Waals surface area contributed by atoms with Gasteiger partial charge in [0.2, 0.25) is 11.9 Å². The predicted molar refractivity (Wildman–Crippen MR) is 73.8 cm³/mol. The van der Waals surface area contributed by atoms with E-state index in [1.54, 1.807) is 0 Å². The van der Waals surface area contributed by atoms with Crippen LogP contribution in [0.4, 0.5) is 11.9 Å². The lowest BCUT2D eigenvalue weighted by atomic mass is 9.87. The summed E-state index contributed by atoms with van der Waals surface area (Å²) in [5.41, 5.74) is 2.67.